The summed E-state index contributed by atoms with van der Waals surface area (Å²) < 4.78 is 1.82. The number of halogens is 1. The Balaban J connectivity index is 2.38. The van der Waals surface area contributed by atoms with E-state index < -0.39 is 0 Å². The largest absolute Gasteiger partial charge is 0.290 e. The van der Waals surface area contributed by atoms with Gasteiger partial charge in [0.2, 0.25) is 5.28 Å². The van der Waals surface area contributed by atoms with Gasteiger partial charge in [-0.05, 0) is 23.0 Å². The highest BCUT2D eigenvalue weighted by Crippen LogP contribution is 2.25. The van der Waals surface area contributed by atoms with Crippen molar-refractivity contribution in [2.75, 3.05) is 0 Å². The summed E-state index contributed by atoms with van der Waals surface area (Å²) >= 11 is 7.39. The minimum Gasteiger partial charge on any atom is -0.290 e. The number of fused-ring (bicyclic) bond motifs is 1. The first kappa shape index (κ1) is 8.82. The van der Waals surface area contributed by atoms with E-state index in [2.05, 4.69) is 15.0 Å². The minimum absolute atomic E-state index is 0.258. The van der Waals surface area contributed by atoms with Crippen LogP contribution in [-0.2, 0) is 0 Å². The van der Waals surface area contributed by atoms with Crippen LogP contribution in [0.5, 0.6) is 0 Å². The summed E-state index contributed by atoms with van der Waals surface area (Å²) in [5.41, 5.74) is 0. The highest BCUT2D eigenvalue weighted by atomic mass is 35.5. The van der Waals surface area contributed by atoms with E-state index >= 15 is 0 Å². The maximum Gasteiger partial charge on any atom is 0.225 e. The molecule has 0 N–H and O–H groups in total. The van der Waals surface area contributed by atoms with Crippen LogP contribution in [-0.4, -0.2) is 19.5 Å². The molecular weight excluding hydrogens is 232 g/mol. The summed E-state index contributed by atoms with van der Waals surface area (Å²) in [6, 6.07) is 1.98. The zero-order valence-corrected chi connectivity index (χ0v) is 9.03. The van der Waals surface area contributed by atoms with Crippen LogP contribution in [0.15, 0.2) is 30.2 Å². The van der Waals surface area contributed by atoms with E-state index in [1.165, 1.54) is 0 Å². The predicted octanol–water partition coefficient (Wildman–Crippen LogP) is 2.53. The van der Waals surface area contributed by atoms with Crippen molar-refractivity contribution in [3.63, 3.8) is 0 Å². The molecule has 0 saturated heterocycles. The molecule has 0 radical (unpaired) electrons. The van der Waals surface area contributed by atoms with Crippen molar-refractivity contribution in [1.82, 2.24) is 19.5 Å². The molecule has 0 fully saturated rings. The molecule has 0 aliphatic carbocycles. The third kappa shape index (κ3) is 1.40. The van der Waals surface area contributed by atoms with E-state index in [0.717, 1.165) is 16.0 Å². The normalized spacial score (nSPS) is 11.0. The van der Waals surface area contributed by atoms with Gasteiger partial charge in [-0.15, -0.1) is 11.3 Å². The molecule has 3 aromatic heterocycles. The summed E-state index contributed by atoms with van der Waals surface area (Å²) in [4.78, 5) is 13.2. The second-order valence-electron chi connectivity index (χ2n) is 2.93. The fourth-order valence-electron chi connectivity index (χ4n) is 1.40. The Kier molecular flexibility index (Phi) is 1.93. The SMILES string of the molecule is Clc1nc(-n2ccnc2)c2ccsc2n1. The van der Waals surface area contributed by atoms with Gasteiger partial charge in [0.1, 0.15) is 11.2 Å². The van der Waals surface area contributed by atoms with Crippen molar-refractivity contribution < 1.29 is 0 Å². The molecule has 15 heavy (non-hydrogen) atoms. The van der Waals surface area contributed by atoms with Gasteiger partial charge in [0.15, 0.2) is 5.82 Å². The summed E-state index contributed by atoms with van der Waals surface area (Å²) in [5, 5.41) is 3.21. The number of hydrogen-bond donors (Lipinski definition) is 0. The Morgan fingerprint density at radius 3 is 3.07 bits per heavy atom. The third-order valence-corrected chi connectivity index (χ3v) is 3.00. The van der Waals surface area contributed by atoms with Crippen molar-refractivity contribution in [2.45, 2.75) is 0 Å². The van der Waals surface area contributed by atoms with Crippen LogP contribution in [0.4, 0.5) is 0 Å². The molecule has 3 aromatic rings. The fourth-order valence-corrected chi connectivity index (χ4v) is 2.37. The van der Waals surface area contributed by atoms with Crippen molar-refractivity contribution in [1.29, 1.82) is 0 Å². The second-order valence-corrected chi connectivity index (χ2v) is 4.16. The molecule has 4 nitrogen and oxygen atoms in total. The molecule has 0 aliphatic heterocycles. The van der Waals surface area contributed by atoms with Crippen LogP contribution in [0.25, 0.3) is 16.0 Å². The maximum atomic E-state index is 5.85. The number of hydrogen-bond acceptors (Lipinski definition) is 4. The van der Waals surface area contributed by atoms with Gasteiger partial charge in [0.25, 0.3) is 0 Å². The predicted molar refractivity (Wildman–Crippen MR) is 59.5 cm³/mol. The molecule has 0 spiro atoms. The van der Waals surface area contributed by atoms with Crippen LogP contribution in [0, 0.1) is 0 Å². The quantitative estimate of drug-likeness (QED) is 0.610. The van der Waals surface area contributed by atoms with Gasteiger partial charge in [-0.25, -0.2) is 9.97 Å². The van der Waals surface area contributed by atoms with E-state index in [4.69, 9.17) is 11.6 Å². The molecule has 0 aromatic carbocycles. The molecule has 3 heterocycles. The van der Waals surface area contributed by atoms with E-state index in [1.54, 1.807) is 23.9 Å². The van der Waals surface area contributed by atoms with Crippen molar-refractivity contribution in [3.8, 4) is 5.82 Å². The lowest BCUT2D eigenvalue weighted by molar-refractivity contribution is 0.995. The molecule has 74 valence electrons. The Bertz CT molecular complexity index is 602. The maximum absolute atomic E-state index is 5.85. The van der Waals surface area contributed by atoms with Crippen molar-refractivity contribution in [3.05, 3.63) is 35.5 Å². The number of imidazole rings is 1. The van der Waals surface area contributed by atoms with Gasteiger partial charge < -0.3 is 0 Å². The molecule has 0 unspecified atom stereocenters. The molecule has 0 atom stereocenters. The second kappa shape index (κ2) is 3.29. The average molecular weight is 237 g/mol. The smallest absolute Gasteiger partial charge is 0.225 e. The van der Waals surface area contributed by atoms with E-state index in [1.807, 2.05) is 22.2 Å². The monoisotopic (exact) mass is 236 g/mol. The number of thiophene rings is 1. The van der Waals surface area contributed by atoms with E-state index in [0.29, 0.717) is 0 Å². The molecule has 0 saturated carbocycles. The number of aromatic nitrogens is 4. The highest BCUT2D eigenvalue weighted by molar-refractivity contribution is 7.16. The first-order chi connectivity index (χ1) is 7.34. The average Bonchev–Trinajstić information content (AvgIpc) is 2.86. The lowest BCUT2D eigenvalue weighted by Gasteiger charge is -2.02. The van der Waals surface area contributed by atoms with Crippen LogP contribution >= 0.6 is 22.9 Å². The van der Waals surface area contributed by atoms with Crippen molar-refractivity contribution >= 4 is 33.2 Å². The van der Waals surface area contributed by atoms with Crippen LogP contribution in [0.2, 0.25) is 5.28 Å². The zero-order valence-electron chi connectivity index (χ0n) is 7.46. The molecule has 0 bridgehead atoms. The van der Waals surface area contributed by atoms with Crippen LogP contribution in [0.1, 0.15) is 0 Å². The van der Waals surface area contributed by atoms with Crippen LogP contribution in [0.3, 0.4) is 0 Å². The Morgan fingerprint density at radius 1 is 1.33 bits per heavy atom. The summed E-state index contributed by atoms with van der Waals surface area (Å²) in [6.07, 6.45) is 5.22. The van der Waals surface area contributed by atoms with Gasteiger partial charge in [-0.2, -0.15) is 4.98 Å². The zero-order chi connectivity index (χ0) is 10.3. The van der Waals surface area contributed by atoms with E-state index in [-0.39, 0.29) is 5.28 Å². The molecule has 0 amide bonds. The lowest BCUT2D eigenvalue weighted by Crippen LogP contribution is -1.96. The Labute approximate surface area is 94.2 Å². The third-order valence-electron chi connectivity index (χ3n) is 2.03. The highest BCUT2D eigenvalue weighted by Gasteiger charge is 2.08. The molecule has 0 aliphatic rings. The van der Waals surface area contributed by atoms with Gasteiger partial charge in [-0.3, -0.25) is 4.57 Å². The topological polar surface area (TPSA) is 43.6 Å². The van der Waals surface area contributed by atoms with Gasteiger partial charge in [0.05, 0.1) is 5.39 Å². The molecule has 6 heteroatoms. The van der Waals surface area contributed by atoms with Gasteiger partial charge in [-0.1, -0.05) is 0 Å². The molecule has 3 rings (SSSR count). The standard InChI is InChI=1S/C9H5ClN4S/c10-9-12-7(14-3-2-11-5-14)6-1-4-15-8(6)13-9/h1-5H. The van der Waals surface area contributed by atoms with Crippen LogP contribution < -0.4 is 0 Å². The lowest BCUT2D eigenvalue weighted by atomic mass is 10.4. The van der Waals surface area contributed by atoms with Crippen molar-refractivity contribution in [2.24, 2.45) is 0 Å². The first-order valence-electron chi connectivity index (χ1n) is 4.23. The Morgan fingerprint density at radius 2 is 2.27 bits per heavy atom. The Hall–Kier alpha value is -1.46. The summed E-state index contributed by atoms with van der Waals surface area (Å²) in [6.45, 7) is 0. The summed E-state index contributed by atoms with van der Waals surface area (Å²) in [5.74, 6) is 0.767. The first-order valence-corrected chi connectivity index (χ1v) is 5.49. The van der Waals surface area contributed by atoms with E-state index in [9.17, 15) is 0 Å². The molecular formula is C9H5ClN4S. The minimum atomic E-state index is 0.258. The number of rotatable bonds is 1. The summed E-state index contributed by atoms with van der Waals surface area (Å²) in [7, 11) is 0. The number of nitrogens with zero attached hydrogens (tertiary/aromatic N) is 4. The van der Waals surface area contributed by atoms with Gasteiger partial charge in [0, 0.05) is 12.4 Å². The fraction of sp³-hybridized carbons (Fsp3) is 0. The van der Waals surface area contributed by atoms with Gasteiger partial charge >= 0.3 is 0 Å².